The van der Waals surface area contributed by atoms with Crippen LogP contribution in [0.5, 0.6) is 11.5 Å². The van der Waals surface area contributed by atoms with Crippen LogP contribution in [0.25, 0.3) is 10.9 Å². The Balaban J connectivity index is 1.79. The first-order valence-corrected chi connectivity index (χ1v) is 9.91. The number of nitrogens with one attached hydrogen (secondary N) is 2. The second-order valence-electron chi connectivity index (χ2n) is 6.92. The summed E-state index contributed by atoms with van der Waals surface area (Å²) in [6.45, 7) is 0.606. The topological polar surface area (TPSA) is 94.6 Å². The number of esters is 1. The second kappa shape index (κ2) is 8.52. The van der Waals surface area contributed by atoms with Crippen LogP contribution < -0.4 is 20.1 Å². The Morgan fingerprint density at radius 3 is 2.81 bits per heavy atom. The minimum absolute atomic E-state index is 0.0126. The summed E-state index contributed by atoms with van der Waals surface area (Å²) in [4.78, 5) is 20.9. The Kier molecular flexibility index (Phi) is 5.79. The lowest BCUT2D eigenvalue weighted by atomic mass is 10.1. The largest absolute Gasteiger partial charge is 0.493 e. The molecule has 1 aliphatic heterocycles. The van der Waals surface area contributed by atoms with Crippen molar-refractivity contribution in [2.45, 2.75) is 18.6 Å². The van der Waals surface area contributed by atoms with Gasteiger partial charge in [-0.2, -0.15) is 0 Å². The molecule has 1 aliphatic rings. The van der Waals surface area contributed by atoms with Crippen molar-refractivity contribution in [1.29, 1.82) is 0 Å². The number of ether oxygens (including phenoxy) is 3. The molecule has 8 nitrogen and oxygen atoms in total. The first kappa shape index (κ1) is 21.1. The molecule has 0 saturated carbocycles. The van der Waals surface area contributed by atoms with E-state index in [-0.39, 0.29) is 10.7 Å². The first-order chi connectivity index (χ1) is 15.0. The third kappa shape index (κ3) is 3.94. The van der Waals surface area contributed by atoms with Crippen molar-refractivity contribution in [2.75, 3.05) is 26.1 Å². The van der Waals surface area contributed by atoms with Gasteiger partial charge in [0.05, 0.1) is 30.4 Å². The van der Waals surface area contributed by atoms with Crippen molar-refractivity contribution in [1.82, 2.24) is 15.3 Å². The molecule has 2 heterocycles. The van der Waals surface area contributed by atoms with Gasteiger partial charge in [-0.15, -0.1) is 0 Å². The molecular weight excluding hydrogens is 427 g/mol. The third-order valence-electron chi connectivity index (χ3n) is 5.04. The zero-order chi connectivity index (χ0) is 22.0. The monoisotopic (exact) mass is 446 g/mol. The molecule has 1 atom stereocenters. The Hall–Kier alpha value is -3.17. The quantitative estimate of drug-likeness (QED) is 0.552. The van der Waals surface area contributed by atoms with E-state index in [0.29, 0.717) is 41.2 Å². The molecule has 2 aromatic carbocycles. The number of anilines is 2. The molecule has 1 fully saturated rings. The average molecular weight is 447 g/mol. The van der Waals surface area contributed by atoms with Crippen LogP contribution in [0.15, 0.2) is 36.7 Å². The van der Waals surface area contributed by atoms with Gasteiger partial charge in [-0.05, 0) is 31.2 Å². The lowest BCUT2D eigenvalue weighted by Crippen LogP contribution is -2.53. The minimum Gasteiger partial charge on any atom is -0.493 e. The van der Waals surface area contributed by atoms with Crippen LogP contribution in [0.3, 0.4) is 0 Å². The van der Waals surface area contributed by atoms with Gasteiger partial charge >= 0.3 is 5.97 Å². The molecule has 1 saturated heterocycles. The van der Waals surface area contributed by atoms with E-state index in [1.165, 1.54) is 26.6 Å². The van der Waals surface area contributed by atoms with Crippen LogP contribution in [-0.4, -0.2) is 42.4 Å². The molecule has 0 bridgehead atoms. The van der Waals surface area contributed by atoms with Crippen LogP contribution in [0, 0.1) is 5.82 Å². The van der Waals surface area contributed by atoms with Crippen molar-refractivity contribution in [2.24, 2.45) is 0 Å². The number of aromatic nitrogens is 2. The van der Waals surface area contributed by atoms with Gasteiger partial charge in [-0.3, -0.25) is 5.32 Å². The van der Waals surface area contributed by atoms with Crippen LogP contribution in [0.4, 0.5) is 15.9 Å². The Labute approximate surface area is 182 Å². The fraction of sp³-hybridized carbons (Fsp3) is 0.286. The van der Waals surface area contributed by atoms with Crippen LogP contribution in [-0.2, 0) is 9.53 Å². The number of nitrogens with zero attached hydrogens (tertiary/aromatic N) is 2. The molecule has 10 heteroatoms. The molecule has 162 valence electrons. The summed E-state index contributed by atoms with van der Waals surface area (Å²) in [5, 5.41) is 6.54. The van der Waals surface area contributed by atoms with E-state index in [2.05, 4.69) is 20.6 Å². The number of hydrogen-bond acceptors (Lipinski definition) is 8. The van der Waals surface area contributed by atoms with Gasteiger partial charge in [0.15, 0.2) is 17.3 Å². The van der Waals surface area contributed by atoms with Gasteiger partial charge in [0.25, 0.3) is 5.72 Å². The number of carbonyl (C=O) groups excluding carboxylic acids is 1. The van der Waals surface area contributed by atoms with Crippen molar-refractivity contribution in [3.05, 3.63) is 47.5 Å². The van der Waals surface area contributed by atoms with Crippen molar-refractivity contribution in [3.8, 4) is 11.5 Å². The third-order valence-corrected chi connectivity index (χ3v) is 5.33. The summed E-state index contributed by atoms with van der Waals surface area (Å²) in [5.41, 5.74) is -0.622. The fourth-order valence-electron chi connectivity index (χ4n) is 3.50. The van der Waals surface area contributed by atoms with E-state index in [4.69, 9.17) is 25.8 Å². The maximum atomic E-state index is 14.4. The average Bonchev–Trinajstić information content (AvgIpc) is 3.26. The Morgan fingerprint density at radius 1 is 1.26 bits per heavy atom. The summed E-state index contributed by atoms with van der Waals surface area (Å²) >= 11 is 5.88. The predicted octanol–water partition coefficient (Wildman–Crippen LogP) is 3.81. The highest BCUT2D eigenvalue weighted by Gasteiger charge is 2.45. The molecule has 3 aromatic rings. The number of halogens is 2. The summed E-state index contributed by atoms with van der Waals surface area (Å²) in [7, 11) is 2.79. The number of benzene rings is 2. The maximum absolute atomic E-state index is 14.4. The summed E-state index contributed by atoms with van der Waals surface area (Å²) in [5.74, 6) is -0.121. The van der Waals surface area contributed by atoms with E-state index >= 15 is 0 Å². The zero-order valence-electron chi connectivity index (χ0n) is 16.9. The maximum Gasteiger partial charge on any atom is 0.366 e. The normalized spacial score (nSPS) is 18.1. The molecule has 0 spiro atoms. The number of carbonyl (C=O) groups is 1. The van der Waals surface area contributed by atoms with Crippen LogP contribution in [0.2, 0.25) is 5.02 Å². The van der Waals surface area contributed by atoms with Crippen LogP contribution >= 0.6 is 11.6 Å². The fourth-order valence-corrected chi connectivity index (χ4v) is 3.68. The molecule has 31 heavy (non-hydrogen) atoms. The SMILES string of the molecule is COC(=O)[C@]1(Oc2cc3c(Nc4cccc(Cl)c4F)ncnc3cc2OC)CCCN1. The lowest BCUT2D eigenvalue weighted by molar-refractivity contribution is -0.160. The van der Waals surface area contributed by atoms with Crippen LogP contribution in [0.1, 0.15) is 12.8 Å². The Bertz CT molecular complexity index is 1140. The Morgan fingerprint density at radius 2 is 2.10 bits per heavy atom. The predicted molar refractivity (Wildman–Crippen MR) is 113 cm³/mol. The van der Waals surface area contributed by atoms with Crippen molar-refractivity contribution in [3.63, 3.8) is 0 Å². The second-order valence-corrected chi connectivity index (χ2v) is 7.33. The van der Waals surface area contributed by atoms with E-state index in [0.717, 1.165) is 6.42 Å². The van der Waals surface area contributed by atoms with Crippen molar-refractivity contribution < 1.29 is 23.4 Å². The summed E-state index contributed by atoms with van der Waals surface area (Å²) in [6.07, 6.45) is 2.53. The number of rotatable bonds is 6. The molecule has 2 N–H and O–H groups in total. The van der Waals surface area contributed by atoms with Gasteiger partial charge in [0, 0.05) is 17.9 Å². The highest BCUT2D eigenvalue weighted by atomic mass is 35.5. The standard InChI is InChI=1S/C21H20ClFN4O4/c1-29-16-10-15-12(9-17(16)31-21(20(28)30-2)7-4-8-26-21)19(25-11-24-15)27-14-6-3-5-13(22)18(14)23/h3,5-6,9-11,26H,4,7-8H2,1-2H3,(H,24,25,27)/t21-/m1/s1. The number of fused-ring (bicyclic) bond motifs is 1. The zero-order valence-corrected chi connectivity index (χ0v) is 17.6. The van der Waals surface area contributed by atoms with E-state index < -0.39 is 17.5 Å². The molecule has 0 aliphatic carbocycles. The van der Waals surface area contributed by atoms with Gasteiger partial charge in [0.2, 0.25) is 0 Å². The molecule has 0 unspecified atom stereocenters. The van der Waals surface area contributed by atoms with Crippen molar-refractivity contribution >= 4 is 40.0 Å². The molecule has 4 rings (SSSR count). The summed E-state index contributed by atoms with van der Waals surface area (Å²) < 4.78 is 30.9. The van der Waals surface area contributed by atoms with Gasteiger partial charge in [-0.25, -0.2) is 19.2 Å². The molecule has 0 amide bonds. The van der Waals surface area contributed by atoms with E-state index in [9.17, 15) is 9.18 Å². The van der Waals surface area contributed by atoms with Gasteiger partial charge < -0.3 is 19.5 Å². The smallest absolute Gasteiger partial charge is 0.366 e. The lowest BCUT2D eigenvalue weighted by Gasteiger charge is -2.28. The highest BCUT2D eigenvalue weighted by molar-refractivity contribution is 6.31. The molecular formula is C21H20ClFN4O4. The first-order valence-electron chi connectivity index (χ1n) is 9.53. The van der Waals surface area contributed by atoms with E-state index in [1.807, 2.05) is 0 Å². The molecule has 0 radical (unpaired) electrons. The highest BCUT2D eigenvalue weighted by Crippen LogP contribution is 2.38. The number of methoxy groups -OCH3 is 2. The summed E-state index contributed by atoms with van der Waals surface area (Å²) in [6, 6.07) is 7.93. The van der Waals surface area contributed by atoms with Gasteiger partial charge in [-0.1, -0.05) is 17.7 Å². The van der Waals surface area contributed by atoms with Gasteiger partial charge in [0.1, 0.15) is 12.1 Å². The minimum atomic E-state index is -1.32. The van der Waals surface area contributed by atoms with E-state index in [1.54, 1.807) is 24.3 Å². The molecule has 1 aromatic heterocycles. The number of hydrogen-bond donors (Lipinski definition) is 2.